The van der Waals surface area contributed by atoms with E-state index in [0.29, 0.717) is 11.1 Å². The third kappa shape index (κ3) is 1.83. The van der Waals surface area contributed by atoms with E-state index in [9.17, 15) is 9.59 Å². The van der Waals surface area contributed by atoms with E-state index in [1.54, 1.807) is 12.1 Å². The van der Waals surface area contributed by atoms with Crippen molar-refractivity contribution in [2.45, 2.75) is 20.3 Å². The summed E-state index contributed by atoms with van der Waals surface area (Å²) in [7, 11) is 0. The van der Waals surface area contributed by atoms with Crippen LogP contribution in [-0.4, -0.2) is 12.1 Å². The van der Waals surface area contributed by atoms with E-state index < -0.39 is 0 Å². The molecule has 0 saturated carbocycles. The molecule has 0 N–H and O–H groups in total. The van der Waals surface area contributed by atoms with E-state index in [2.05, 4.69) is 0 Å². The number of benzene rings is 1. The van der Waals surface area contributed by atoms with Gasteiger partial charge in [-0.3, -0.25) is 9.59 Å². The van der Waals surface area contributed by atoms with Crippen molar-refractivity contribution >= 4 is 12.1 Å². The van der Waals surface area contributed by atoms with Gasteiger partial charge in [-0.1, -0.05) is 25.1 Å². The van der Waals surface area contributed by atoms with Crippen LogP contribution in [0.15, 0.2) is 18.2 Å². The first-order valence-corrected chi connectivity index (χ1v) is 4.28. The number of Topliss-reactive ketones (excluding diaryl/α,β-unsaturated/α-hetero) is 1. The van der Waals surface area contributed by atoms with Crippen LogP contribution in [0.4, 0.5) is 0 Å². The predicted octanol–water partition coefficient (Wildman–Crippen LogP) is 2.26. The maximum absolute atomic E-state index is 11.2. The quantitative estimate of drug-likeness (QED) is 0.523. The number of aryl methyl sites for hydroxylation is 1. The largest absolute Gasteiger partial charge is 0.298 e. The first kappa shape index (κ1) is 9.65. The van der Waals surface area contributed by atoms with Crippen LogP contribution in [0.25, 0.3) is 0 Å². The number of hydrogen-bond donors (Lipinski definition) is 0. The zero-order valence-electron chi connectivity index (χ0n) is 7.83. The molecule has 0 saturated heterocycles. The van der Waals surface area contributed by atoms with Gasteiger partial charge in [-0.2, -0.15) is 0 Å². The van der Waals surface area contributed by atoms with Crippen LogP contribution < -0.4 is 0 Å². The standard InChI is InChI=1S/C11H12O2/c1-3-9-5-4-6-10(7-12)11(9)8(2)13/h4-7H,3H2,1-2H3. The van der Waals surface area contributed by atoms with Crippen molar-refractivity contribution in [1.29, 1.82) is 0 Å². The third-order valence-corrected chi connectivity index (χ3v) is 2.04. The topological polar surface area (TPSA) is 34.1 Å². The Kier molecular flexibility index (Phi) is 2.96. The Hall–Kier alpha value is -1.44. The number of carbonyl (C=O) groups is 2. The van der Waals surface area contributed by atoms with Gasteiger partial charge < -0.3 is 0 Å². The van der Waals surface area contributed by atoms with E-state index in [1.807, 2.05) is 13.0 Å². The second kappa shape index (κ2) is 3.99. The first-order valence-electron chi connectivity index (χ1n) is 4.28. The highest BCUT2D eigenvalue weighted by Crippen LogP contribution is 2.14. The molecule has 2 nitrogen and oxygen atoms in total. The second-order valence-corrected chi connectivity index (χ2v) is 2.91. The molecule has 0 aliphatic carbocycles. The van der Waals surface area contributed by atoms with Gasteiger partial charge in [-0.25, -0.2) is 0 Å². The van der Waals surface area contributed by atoms with Crippen molar-refractivity contribution in [1.82, 2.24) is 0 Å². The van der Waals surface area contributed by atoms with Gasteiger partial charge in [0.15, 0.2) is 12.1 Å². The summed E-state index contributed by atoms with van der Waals surface area (Å²) in [5.41, 5.74) is 2.00. The van der Waals surface area contributed by atoms with Crippen LogP contribution in [0.1, 0.15) is 40.1 Å². The summed E-state index contributed by atoms with van der Waals surface area (Å²) >= 11 is 0. The van der Waals surface area contributed by atoms with Crippen molar-refractivity contribution in [2.75, 3.05) is 0 Å². The maximum Gasteiger partial charge on any atom is 0.160 e. The maximum atomic E-state index is 11.2. The summed E-state index contributed by atoms with van der Waals surface area (Å²) in [6.45, 7) is 3.46. The van der Waals surface area contributed by atoms with Gasteiger partial charge in [0.2, 0.25) is 0 Å². The van der Waals surface area contributed by atoms with Crippen LogP contribution >= 0.6 is 0 Å². The molecule has 1 rings (SSSR count). The van der Waals surface area contributed by atoms with Gasteiger partial charge in [-0.15, -0.1) is 0 Å². The van der Waals surface area contributed by atoms with E-state index >= 15 is 0 Å². The number of ketones is 1. The van der Waals surface area contributed by atoms with Crippen LogP contribution in [0.5, 0.6) is 0 Å². The zero-order valence-corrected chi connectivity index (χ0v) is 7.83. The smallest absolute Gasteiger partial charge is 0.160 e. The highest BCUT2D eigenvalue weighted by Gasteiger charge is 2.10. The lowest BCUT2D eigenvalue weighted by molar-refractivity contribution is 0.100. The molecule has 1 aromatic carbocycles. The average Bonchev–Trinajstić information content (AvgIpc) is 2.16. The van der Waals surface area contributed by atoms with Crippen LogP contribution in [-0.2, 0) is 6.42 Å². The Bertz CT molecular complexity index is 340. The van der Waals surface area contributed by atoms with Gasteiger partial charge in [0.05, 0.1) is 0 Å². The minimum Gasteiger partial charge on any atom is -0.298 e. The van der Waals surface area contributed by atoms with E-state index in [1.165, 1.54) is 6.92 Å². The molecular formula is C11H12O2. The molecule has 0 fully saturated rings. The van der Waals surface area contributed by atoms with Crippen LogP contribution in [0.3, 0.4) is 0 Å². The Morgan fingerprint density at radius 2 is 2.15 bits per heavy atom. The fourth-order valence-electron chi connectivity index (χ4n) is 1.44. The van der Waals surface area contributed by atoms with Crippen molar-refractivity contribution in [3.8, 4) is 0 Å². The van der Waals surface area contributed by atoms with E-state index in [0.717, 1.165) is 18.3 Å². The molecule has 0 amide bonds. The molecule has 1 aromatic rings. The van der Waals surface area contributed by atoms with Gasteiger partial charge in [-0.05, 0) is 18.9 Å². The molecule has 68 valence electrons. The van der Waals surface area contributed by atoms with Gasteiger partial charge in [0.25, 0.3) is 0 Å². The Balaban J connectivity index is 3.38. The highest BCUT2D eigenvalue weighted by atomic mass is 16.1. The molecule has 0 spiro atoms. The first-order chi connectivity index (χ1) is 6.20. The highest BCUT2D eigenvalue weighted by molar-refractivity contribution is 6.02. The van der Waals surface area contributed by atoms with Gasteiger partial charge >= 0.3 is 0 Å². The Labute approximate surface area is 77.6 Å². The number of aldehydes is 1. The minimum atomic E-state index is -0.0421. The van der Waals surface area contributed by atoms with Gasteiger partial charge in [0, 0.05) is 11.1 Å². The number of hydrogen-bond acceptors (Lipinski definition) is 2. The van der Waals surface area contributed by atoms with Crippen molar-refractivity contribution in [2.24, 2.45) is 0 Å². The zero-order chi connectivity index (χ0) is 9.84. The summed E-state index contributed by atoms with van der Waals surface area (Å²) in [4.78, 5) is 21.9. The third-order valence-electron chi connectivity index (χ3n) is 2.04. The lowest BCUT2D eigenvalue weighted by Gasteiger charge is -2.06. The summed E-state index contributed by atoms with van der Waals surface area (Å²) in [6, 6.07) is 5.35. The van der Waals surface area contributed by atoms with Gasteiger partial charge in [0.1, 0.15) is 0 Å². The molecule has 0 unspecified atom stereocenters. The molecule has 0 aliphatic rings. The summed E-state index contributed by atoms with van der Waals surface area (Å²) in [5.74, 6) is -0.0421. The Morgan fingerprint density at radius 3 is 2.62 bits per heavy atom. The van der Waals surface area contributed by atoms with Crippen molar-refractivity contribution < 1.29 is 9.59 Å². The average molecular weight is 176 g/mol. The van der Waals surface area contributed by atoms with Crippen LogP contribution in [0, 0.1) is 0 Å². The molecule has 0 bridgehead atoms. The van der Waals surface area contributed by atoms with E-state index in [-0.39, 0.29) is 5.78 Å². The SMILES string of the molecule is CCc1cccc(C=O)c1C(C)=O. The van der Waals surface area contributed by atoms with Crippen molar-refractivity contribution in [3.05, 3.63) is 34.9 Å². The van der Waals surface area contributed by atoms with Crippen molar-refractivity contribution in [3.63, 3.8) is 0 Å². The minimum absolute atomic E-state index is 0.0421. The molecule has 0 aromatic heterocycles. The molecule has 0 heterocycles. The van der Waals surface area contributed by atoms with Crippen LogP contribution in [0.2, 0.25) is 0 Å². The predicted molar refractivity (Wildman–Crippen MR) is 51.2 cm³/mol. The monoisotopic (exact) mass is 176 g/mol. The number of rotatable bonds is 3. The lowest BCUT2D eigenvalue weighted by atomic mass is 9.97. The molecule has 0 radical (unpaired) electrons. The second-order valence-electron chi connectivity index (χ2n) is 2.91. The normalized spacial score (nSPS) is 9.69. The summed E-state index contributed by atoms with van der Waals surface area (Å²) in [6.07, 6.45) is 1.51. The lowest BCUT2D eigenvalue weighted by Crippen LogP contribution is -2.03. The molecular weight excluding hydrogens is 164 g/mol. The fourth-order valence-corrected chi connectivity index (χ4v) is 1.44. The summed E-state index contributed by atoms with van der Waals surface area (Å²) < 4.78 is 0. The van der Waals surface area contributed by atoms with E-state index in [4.69, 9.17) is 0 Å². The molecule has 13 heavy (non-hydrogen) atoms. The molecule has 0 aliphatic heterocycles. The molecule has 0 atom stereocenters. The molecule has 2 heteroatoms. The number of carbonyl (C=O) groups excluding carboxylic acids is 2. The Morgan fingerprint density at radius 1 is 1.46 bits per heavy atom. The fraction of sp³-hybridized carbons (Fsp3) is 0.273. The summed E-state index contributed by atoms with van der Waals surface area (Å²) in [5, 5.41) is 0.